The Morgan fingerprint density at radius 1 is 1.19 bits per heavy atom. The summed E-state index contributed by atoms with van der Waals surface area (Å²) in [5.74, 6) is -0.108. The van der Waals surface area contributed by atoms with E-state index < -0.39 is 11.8 Å². The summed E-state index contributed by atoms with van der Waals surface area (Å²) < 4.78 is 11.5. The molecule has 2 aliphatic rings. The lowest BCUT2D eigenvalue weighted by Crippen LogP contribution is -2.45. The van der Waals surface area contributed by atoms with Gasteiger partial charge in [-0.3, -0.25) is 0 Å². The van der Waals surface area contributed by atoms with Crippen molar-refractivity contribution in [3.63, 3.8) is 0 Å². The van der Waals surface area contributed by atoms with Gasteiger partial charge in [0, 0.05) is 43.4 Å². The first kappa shape index (κ1) is 17.7. The molecular weight excluding hydrogens is 348 g/mol. The summed E-state index contributed by atoms with van der Waals surface area (Å²) >= 11 is 0. The van der Waals surface area contributed by atoms with Crippen LogP contribution >= 0.6 is 0 Å². The molecular formula is C19H22N4O4. The number of rotatable bonds is 4. The zero-order valence-electron chi connectivity index (χ0n) is 15.1. The summed E-state index contributed by atoms with van der Waals surface area (Å²) in [6.45, 7) is 4.75. The summed E-state index contributed by atoms with van der Waals surface area (Å²) in [6, 6.07) is 8.49. The van der Waals surface area contributed by atoms with Gasteiger partial charge in [0.25, 0.3) is 0 Å². The summed E-state index contributed by atoms with van der Waals surface area (Å²) in [7, 11) is 0. The Labute approximate surface area is 157 Å². The largest absolute Gasteiger partial charge is 0.478 e. The van der Waals surface area contributed by atoms with Crippen molar-refractivity contribution < 1.29 is 19.4 Å². The van der Waals surface area contributed by atoms with Crippen molar-refractivity contribution in [3.8, 4) is 0 Å². The minimum absolute atomic E-state index is 0.226. The number of carboxylic acids is 1. The number of nitrogens with zero attached hydrogens (tertiary/aromatic N) is 3. The van der Waals surface area contributed by atoms with Crippen molar-refractivity contribution in [3.05, 3.63) is 41.6 Å². The third-order valence-electron chi connectivity index (χ3n) is 4.85. The van der Waals surface area contributed by atoms with Crippen LogP contribution in [0.2, 0.25) is 0 Å². The Hall–Kier alpha value is -2.71. The molecule has 0 atom stereocenters. The van der Waals surface area contributed by atoms with Gasteiger partial charge in [0.15, 0.2) is 5.79 Å². The standard InChI is InChI=1S/C19H22N4O4/c1-13-11-16(21-15-4-2-3-14(12-15)17(24)25)22-18(20-13)23-7-5-19(6-8-23)26-9-10-27-19/h2-4,11-12H,5-10H2,1H3,(H,24,25)(H,20,21,22). The van der Waals surface area contributed by atoms with Gasteiger partial charge in [0.05, 0.1) is 18.8 Å². The molecule has 8 heteroatoms. The number of aromatic carboxylic acids is 1. The van der Waals surface area contributed by atoms with Crippen LogP contribution in [-0.4, -0.2) is 53.1 Å². The predicted molar refractivity (Wildman–Crippen MR) is 99.5 cm³/mol. The molecule has 2 aliphatic heterocycles. The van der Waals surface area contributed by atoms with Crippen LogP contribution in [0.4, 0.5) is 17.5 Å². The molecule has 2 N–H and O–H groups in total. The number of benzene rings is 1. The van der Waals surface area contributed by atoms with Gasteiger partial charge in [0.2, 0.25) is 5.95 Å². The molecule has 4 rings (SSSR count). The molecule has 8 nitrogen and oxygen atoms in total. The minimum Gasteiger partial charge on any atom is -0.478 e. The van der Waals surface area contributed by atoms with Crippen LogP contribution in [-0.2, 0) is 9.47 Å². The Balaban J connectivity index is 1.50. The highest BCUT2D eigenvalue weighted by atomic mass is 16.7. The molecule has 142 valence electrons. The van der Waals surface area contributed by atoms with E-state index in [9.17, 15) is 4.79 Å². The first-order valence-electron chi connectivity index (χ1n) is 9.02. The van der Waals surface area contributed by atoms with Crippen molar-refractivity contribution in [2.24, 2.45) is 0 Å². The van der Waals surface area contributed by atoms with Crippen LogP contribution in [0.1, 0.15) is 28.9 Å². The van der Waals surface area contributed by atoms with Crippen molar-refractivity contribution in [2.75, 3.05) is 36.5 Å². The number of hydrogen-bond donors (Lipinski definition) is 2. The maximum absolute atomic E-state index is 11.1. The van der Waals surface area contributed by atoms with Gasteiger partial charge in [-0.15, -0.1) is 0 Å². The second-order valence-corrected chi connectivity index (χ2v) is 6.80. The molecule has 1 aromatic carbocycles. The molecule has 3 heterocycles. The predicted octanol–water partition coefficient (Wildman–Crippen LogP) is 2.57. The zero-order valence-corrected chi connectivity index (χ0v) is 15.1. The van der Waals surface area contributed by atoms with Gasteiger partial charge in [-0.25, -0.2) is 9.78 Å². The fourth-order valence-electron chi connectivity index (χ4n) is 3.47. The van der Waals surface area contributed by atoms with Crippen molar-refractivity contribution >= 4 is 23.4 Å². The maximum atomic E-state index is 11.1. The minimum atomic E-state index is -0.961. The van der Waals surface area contributed by atoms with E-state index in [0.717, 1.165) is 31.6 Å². The van der Waals surface area contributed by atoms with Crippen molar-refractivity contribution in [1.29, 1.82) is 0 Å². The number of hydrogen-bond acceptors (Lipinski definition) is 7. The second-order valence-electron chi connectivity index (χ2n) is 6.80. The van der Waals surface area contributed by atoms with E-state index in [-0.39, 0.29) is 5.56 Å². The molecule has 0 unspecified atom stereocenters. The maximum Gasteiger partial charge on any atom is 0.335 e. The summed E-state index contributed by atoms with van der Waals surface area (Å²) in [6.07, 6.45) is 1.57. The average Bonchev–Trinajstić information content (AvgIpc) is 3.10. The molecule has 1 aromatic heterocycles. The molecule has 2 saturated heterocycles. The number of piperidine rings is 1. The molecule has 2 fully saturated rings. The van der Waals surface area contributed by atoms with E-state index in [1.165, 1.54) is 0 Å². The lowest BCUT2D eigenvalue weighted by molar-refractivity contribution is -0.169. The Morgan fingerprint density at radius 2 is 1.93 bits per heavy atom. The van der Waals surface area contributed by atoms with Crippen LogP contribution < -0.4 is 10.2 Å². The van der Waals surface area contributed by atoms with Crippen molar-refractivity contribution in [1.82, 2.24) is 9.97 Å². The summed E-state index contributed by atoms with van der Waals surface area (Å²) in [5, 5.41) is 12.3. The number of ether oxygens (including phenoxy) is 2. The normalized spacial score (nSPS) is 18.6. The van der Waals surface area contributed by atoms with E-state index in [1.54, 1.807) is 18.2 Å². The summed E-state index contributed by atoms with van der Waals surface area (Å²) in [5.41, 5.74) is 1.73. The fraction of sp³-hybridized carbons (Fsp3) is 0.421. The third-order valence-corrected chi connectivity index (χ3v) is 4.85. The van der Waals surface area contributed by atoms with Gasteiger partial charge in [-0.05, 0) is 25.1 Å². The zero-order chi connectivity index (χ0) is 18.9. The van der Waals surface area contributed by atoms with Gasteiger partial charge >= 0.3 is 5.97 Å². The number of nitrogens with one attached hydrogen (secondary N) is 1. The monoisotopic (exact) mass is 370 g/mol. The van der Waals surface area contributed by atoms with Gasteiger partial charge < -0.3 is 24.8 Å². The third kappa shape index (κ3) is 3.86. The molecule has 0 amide bonds. The van der Waals surface area contributed by atoms with Crippen molar-refractivity contribution in [2.45, 2.75) is 25.6 Å². The number of aromatic nitrogens is 2. The Kier molecular flexibility index (Phi) is 4.67. The van der Waals surface area contributed by atoms with Gasteiger partial charge in [0.1, 0.15) is 5.82 Å². The lowest BCUT2D eigenvalue weighted by Gasteiger charge is -2.37. The first-order chi connectivity index (χ1) is 13.0. The van der Waals surface area contributed by atoms with Gasteiger partial charge in [-0.1, -0.05) is 6.07 Å². The molecule has 0 bridgehead atoms. The smallest absolute Gasteiger partial charge is 0.335 e. The SMILES string of the molecule is Cc1cc(Nc2cccc(C(=O)O)c2)nc(N2CCC3(CC2)OCCO3)n1. The van der Waals surface area contributed by atoms with Crippen LogP contribution in [0.25, 0.3) is 0 Å². The molecule has 0 radical (unpaired) electrons. The second kappa shape index (κ2) is 7.13. The highest BCUT2D eigenvalue weighted by molar-refractivity contribution is 5.89. The number of carbonyl (C=O) groups is 1. The molecule has 27 heavy (non-hydrogen) atoms. The highest BCUT2D eigenvalue weighted by Crippen LogP contribution is 2.32. The Bertz CT molecular complexity index is 841. The van der Waals surface area contributed by atoms with E-state index in [4.69, 9.17) is 14.6 Å². The van der Waals surface area contributed by atoms with Crippen LogP contribution in [0.3, 0.4) is 0 Å². The van der Waals surface area contributed by atoms with E-state index >= 15 is 0 Å². The van der Waals surface area contributed by atoms with Crippen LogP contribution in [0, 0.1) is 6.92 Å². The quantitative estimate of drug-likeness (QED) is 0.848. The van der Waals surface area contributed by atoms with Gasteiger partial charge in [-0.2, -0.15) is 4.98 Å². The summed E-state index contributed by atoms with van der Waals surface area (Å²) in [4.78, 5) is 22.4. The van der Waals surface area contributed by atoms with E-state index in [2.05, 4.69) is 20.2 Å². The van der Waals surface area contributed by atoms with E-state index in [1.807, 2.05) is 19.1 Å². The number of carboxylic acid groups (broad SMARTS) is 1. The molecule has 2 aromatic rings. The Morgan fingerprint density at radius 3 is 2.63 bits per heavy atom. The lowest BCUT2D eigenvalue weighted by atomic mass is 10.0. The number of aryl methyl sites for hydroxylation is 1. The highest BCUT2D eigenvalue weighted by Gasteiger charge is 2.40. The van der Waals surface area contributed by atoms with Crippen LogP contribution in [0.15, 0.2) is 30.3 Å². The first-order valence-corrected chi connectivity index (χ1v) is 9.02. The van der Waals surface area contributed by atoms with E-state index in [0.29, 0.717) is 30.7 Å². The average molecular weight is 370 g/mol. The number of anilines is 3. The topological polar surface area (TPSA) is 96.8 Å². The molecule has 0 aliphatic carbocycles. The molecule has 0 saturated carbocycles. The molecule has 1 spiro atoms. The fourth-order valence-corrected chi connectivity index (χ4v) is 3.47. The van der Waals surface area contributed by atoms with Crippen LogP contribution in [0.5, 0.6) is 0 Å².